The van der Waals surface area contributed by atoms with E-state index in [4.69, 9.17) is 5.26 Å². The fourth-order valence-electron chi connectivity index (χ4n) is 1.76. The number of anilines is 2. The van der Waals surface area contributed by atoms with Crippen LogP contribution in [0.5, 0.6) is 0 Å². The fraction of sp³-hybridized carbons (Fsp3) is 0.643. The lowest BCUT2D eigenvalue weighted by Gasteiger charge is -2.18. The predicted octanol–water partition coefficient (Wildman–Crippen LogP) is 2.74. The maximum absolute atomic E-state index is 8.62. The topological polar surface area (TPSA) is 64.8 Å². The summed E-state index contributed by atoms with van der Waals surface area (Å²) in [4.78, 5) is 10.8. The van der Waals surface area contributed by atoms with Crippen LogP contribution in [0.3, 0.4) is 0 Å². The fourth-order valence-corrected chi connectivity index (χ4v) is 1.76. The van der Waals surface area contributed by atoms with Gasteiger partial charge in [-0.05, 0) is 13.3 Å². The number of rotatable bonds is 8. The Morgan fingerprint density at radius 2 is 2.16 bits per heavy atom. The highest BCUT2D eigenvalue weighted by atomic mass is 15.2. The second-order valence-electron chi connectivity index (χ2n) is 4.62. The van der Waals surface area contributed by atoms with Crippen molar-refractivity contribution in [2.24, 2.45) is 0 Å². The molecule has 5 nitrogen and oxygen atoms in total. The smallest absolute Gasteiger partial charge is 0.134 e. The first-order chi connectivity index (χ1) is 9.17. The summed E-state index contributed by atoms with van der Waals surface area (Å²) >= 11 is 0. The van der Waals surface area contributed by atoms with Gasteiger partial charge < -0.3 is 10.2 Å². The van der Waals surface area contributed by atoms with Gasteiger partial charge in [0.2, 0.25) is 0 Å². The molecule has 0 saturated carbocycles. The lowest BCUT2D eigenvalue weighted by atomic mass is 10.2. The molecule has 0 unspecified atom stereocenters. The lowest BCUT2D eigenvalue weighted by molar-refractivity contribution is 0.741. The second kappa shape index (κ2) is 8.30. The van der Waals surface area contributed by atoms with Gasteiger partial charge in [0.25, 0.3) is 0 Å². The minimum Gasteiger partial charge on any atom is -0.370 e. The van der Waals surface area contributed by atoms with E-state index in [1.165, 1.54) is 12.8 Å². The van der Waals surface area contributed by atoms with Gasteiger partial charge in [-0.15, -0.1) is 0 Å². The first kappa shape index (κ1) is 15.2. The first-order valence-corrected chi connectivity index (χ1v) is 6.85. The Morgan fingerprint density at radius 1 is 1.37 bits per heavy atom. The van der Waals surface area contributed by atoms with Gasteiger partial charge in [0, 0.05) is 26.2 Å². The third-order valence-corrected chi connectivity index (χ3v) is 2.86. The summed E-state index contributed by atoms with van der Waals surface area (Å²) in [5.74, 6) is 2.47. The zero-order valence-corrected chi connectivity index (χ0v) is 12.1. The molecule has 5 heteroatoms. The van der Waals surface area contributed by atoms with E-state index in [0.717, 1.165) is 30.4 Å². The molecule has 1 aromatic heterocycles. The minimum atomic E-state index is 0.499. The van der Waals surface area contributed by atoms with E-state index in [2.05, 4.69) is 28.3 Å². The Balaban J connectivity index is 2.63. The highest BCUT2D eigenvalue weighted by Gasteiger charge is 2.06. The van der Waals surface area contributed by atoms with Crippen LogP contribution in [-0.4, -0.2) is 30.1 Å². The number of nitrogens with zero attached hydrogens (tertiary/aromatic N) is 4. The van der Waals surface area contributed by atoms with Crippen LogP contribution in [0.25, 0.3) is 0 Å². The third kappa shape index (κ3) is 5.56. The van der Waals surface area contributed by atoms with Gasteiger partial charge in [-0.3, -0.25) is 0 Å². The number of hydrogen-bond donors (Lipinski definition) is 1. The molecule has 0 fully saturated rings. The Labute approximate surface area is 115 Å². The third-order valence-electron chi connectivity index (χ3n) is 2.86. The number of nitriles is 1. The molecule has 0 saturated heterocycles. The van der Waals surface area contributed by atoms with Crippen LogP contribution in [-0.2, 0) is 0 Å². The van der Waals surface area contributed by atoms with Crippen LogP contribution in [0.15, 0.2) is 6.07 Å². The Hall–Kier alpha value is -1.83. The van der Waals surface area contributed by atoms with Crippen LogP contribution in [0.2, 0.25) is 0 Å². The van der Waals surface area contributed by atoms with Crippen molar-refractivity contribution in [2.45, 2.75) is 39.5 Å². The van der Waals surface area contributed by atoms with Gasteiger partial charge in [-0.25, -0.2) is 9.97 Å². The molecule has 0 aromatic carbocycles. The highest BCUT2D eigenvalue weighted by molar-refractivity contribution is 5.48. The number of unbranched alkanes of at least 4 members (excludes halogenated alkanes) is 2. The molecular weight excluding hydrogens is 238 g/mol. The zero-order valence-electron chi connectivity index (χ0n) is 12.1. The van der Waals surface area contributed by atoms with Gasteiger partial charge in [-0.2, -0.15) is 5.26 Å². The van der Waals surface area contributed by atoms with Crippen molar-refractivity contribution in [3.8, 4) is 6.07 Å². The maximum atomic E-state index is 8.62. The molecule has 0 radical (unpaired) electrons. The summed E-state index contributed by atoms with van der Waals surface area (Å²) in [7, 11) is 1.94. The molecule has 0 amide bonds. The quantitative estimate of drug-likeness (QED) is 0.729. The normalized spacial score (nSPS) is 10.0. The molecular formula is C14H23N5. The molecule has 1 N–H and O–H groups in total. The van der Waals surface area contributed by atoms with Crippen LogP contribution in [0, 0.1) is 18.3 Å². The van der Waals surface area contributed by atoms with E-state index in [1.54, 1.807) is 0 Å². The maximum Gasteiger partial charge on any atom is 0.134 e. The molecule has 0 aliphatic carbocycles. The number of hydrogen-bond acceptors (Lipinski definition) is 5. The van der Waals surface area contributed by atoms with Crippen LogP contribution in [0.4, 0.5) is 11.6 Å². The Kier molecular flexibility index (Phi) is 6.65. The average molecular weight is 261 g/mol. The van der Waals surface area contributed by atoms with Crippen LogP contribution < -0.4 is 10.2 Å². The van der Waals surface area contributed by atoms with Crippen molar-refractivity contribution >= 4 is 11.6 Å². The first-order valence-electron chi connectivity index (χ1n) is 6.85. The summed E-state index contributed by atoms with van der Waals surface area (Å²) in [6, 6.07) is 4.09. The van der Waals surface area contributed by atoms with E-state index in [0.29, 0.717) is 13.0 Å². The van der Waals surface area contributed by atoms with Gasteiger partial charge in [0.1, 0.15) is 17.5 Å². The second-order valence-corrected chi connectivity index (χ2v) is 4.62. The number of aromatic nitrogens is 2. The lowest BCUT2D eigenvalue weighted by Crippen LogP contribution is -2.20. The largest absolute Gasteiger partial charge is 0.370 e. The SMILES string of the molecule is CCCCCNc1cc(N(C)CCC#N)nc(C)n1. The summed E-state index contributed by atoms with van der Waals surface area (Å²) in [6.45, 7) is 5.70. The molecule has 0 aliphatic rings. The van der Waals surface area contributed by atoms with Crippen molar-refractivity contribution in [1.82, 2.24) is 9.97 Å². The van der Waals surface area contributed by atoms with E-state index < -0.39 is 0 Å². The summed E-state index contributed by atoms with van der Waals surface area (Å²) < 4.78 is 0. The Morgan fingerprint density at radius 3 is 2.84 bits per heavy atom. The van der Waals surface area contributed by atoms with Crippen molar-refractivity contribution < 1.29 is 0 Å². The van der Waals surface area contributed by atoms with Crippen molar-refractivity contribution in [3.63, 3.8) is 0 Å². The van der Waals surface area contributed by atoms with Crippen molar-refractivity contribution in [2.75, 3.05) is 30.4 Å². The Bertz CT molecular complexity index is 424. The molecule has 19 heavy (non-hydrogen) atoms. The number of aryl methyl sites for hydroxylation is 1. The monoisotopic (exact) mass is 261 g/mol. The average Bonchev–Trinajstić information content (AvgIpc) is 2.40. The van der Waals surface area contributed by atoms with E-state index in [9.17, 15) is 0 Å². The molecule has 0 aliphatic heterocycles. The van der Waals surface area contributed by atoms with Crippen LogP contribution in [0.1, 0.15) is 38.4 Å². The molecule has 0 bridgehead atoms. The zero-order chi connectivity index (χ0) is 14.1. The molecule has 104 valence electrons. The number of nitrogens with one attached hydrogen (secondary N) is 1. The van der Waals surface area contributed by atoms with E-state index >= 15 is 0 Å². The molecule has 1 aromatic rings. The van der Waals surface area contributed by atoms with Gasteiger partial charge in [0.05, 0.1) is 12.5 Å². The van der Waals surface area contributed by atoms with Gasteiger partial charge in [0.15, 0.2) is 0 Å². The van der Waals surface area contributed by atoms with Crippen LogP contribution >= 0.6 is 0 Å². The van der Waals surface area contributed by atoms with E-state index in [1.807, 2.05) is 24.9 Å². The van der Waals surface area contributed by atoms with Crippen molar-refractivity contribution in [3.05, 3.63) is 11.9 Å². The summed E-state index contributed by atoms with van der Waals surface area (Å²) in [6.07, 6.45) is 4.09. The van der Waals surface area contributed by atoms with Gasteiger partial charge >= 0.3 is 0 Å². The van der Waals surface area contributed by atoms with Crippen molar-refractivity contribution in [1.29, 1.82) is 5.26 Å². The molecule has 1 heterocycles. The minimum absolute atomic E-state index is 0.499. The summed E-state index contributed by atoms with van der Waals surface area (Å²) in [5.41, 5.74) is 0. The molecule has 0 atom stereocenters. The highest BCUT2D eigenvalue weighted by Crippen LogP contribution is 2.15. The molecule has 1 rings (SSSR count). The predicted molar refractivity (Wildman–Crippen MR) is 78.3 cm³/mol. The summed E-state index contributed by atoms with van der Waals surface area (Å²) in [5, 5.41) is 11.9. The standard InChI is InChI=1S/C14H23N5/c1-4-5-6-9-16-13-11-14(18-12(2)17-13)19(3)10-7-8-15/h11H,4-7,9-10H2,1-3H3,(H,16,17,18). The van der Waals surface area contributed by atoms with E-state index in [-0.39, 0.29) is 0 Å². The van der Waals surface area contributed by atoms with Gasteiger partial charge in [-0.1, -0.05) is 19.8 Å². The molecule has 0 spiro atoms.